The van der Waals surface area contributed by atoms with E-state index < -0.39 is 0 Å². The minimum atomic E-state index is 0.492. The first-order valence-corrected chi connectivity index (χ1v) is 4.91. The topological polar surface area (TPSA) is 29.3 Å². The fourth-order valence-electron chi connectivity index (χ4n) is 2.59. The summed E-state index contributed by atoms with van der Waals surface area (Å²) in [7, 11) is 0. The largest absolute Gasteiger partial charge is 0.401 e. The normalized spacial score (nSPS) is 37.2. The van der Waals surface area contributed by atoms with Crippen LogP contribution in [0.1, 0.15) is 33.1 Å². The van der Waals surface area contributed by atoms with Crippen molar-refractivity contribution in [2.24, 2.45) is 5.73 Å². The number of nitrogens with two attached hydrogens (primary N) is 1. The summed E-state index contributed by atoms with van der Waals surface area (Å²) in [6, 6.07) is 1.29. The molecule has 0 aromatic heterocycles. The molecule has 68 valence electrons. The zero-order valence-electron chi connectivity index (χ0n) is 8.01. The maximum absolute atomic E-state index is 6.02. The predicted octanol–water partition coefficient (Wildman–Crippen LogP) is 1.48. The van der Waals surface area contributed by atoms with Crippen molar-refractivity contribution in [2.45, 2.75) is 45.2 Å². The molecule has 0 bridgehead atoms. The van der Waals surface area contributed by atoms with Crippen LogP contribution in [0.2, 0.25) is 0 Å². The van der Waals surface area contributed by atoms with E-state index in [2.05, 4.69) is 18.7 Å². The van der Waals surface area contributed by atoms with Gasteiger partial charge < -0.3 is 5.73 Å². The van der Waals surface area contributed by atoms with Gasteiger partial charge in [0.05, 0.1) is 0 Å². The van der Waals surface area contributed by atoms with Crippen LogP contribution < -0.4 is 5.73 Å². The molecule has 2 unspecified atom stereocenters. The van der Waals surface area contributed by atoms with Gasteiger partial charge in [-0.25, -0.2) is 0 Å². The molecular weight excluding hydrogens is 148 g/mol. The summed E-state index contributed by atoms with van der Waals surface area (Å²) < 4.78 is 0. The predicted molar refractivity (Wildman–Crippen MR) is 50.7 cm³/mol. The molecule has 2 aliphatic rings. The van der Waals surface area contributed by atoms with E-state index in [0.717, 1.165) is 11.7 Å². The molecule has 0 aliphatic carbocycles. The molecule has 2 heterocycles. The van der Waals surface area contributed by atoms with Crippen LogP contribution in [0.4, 0.5) is 0 Å². The lowest BCUT2D eigenvalue weighted by Crippen LogP contribution is -2.44. The third-order valence-electron chi connectivity index (χ3n) is 3.40. The van der Waals surface area contributed by atoms with E-state index in [9.17, 15) is 0 Å². The van der Waals surface area contributed by atoms with Gasteiger partial charge in [-0.3, -0.25) is 4.90 Å². The van der Waals surface area contributed by atoms with Gasteiger partial charge >= 0.3 is 0 Å². The summed E-state index contributed by atoms with van der Waals surface area (Å²) in [5.74, 6) is 0. The number of hydrogen-bond acceptors (Lipinski definition) is 2. The highest BCUT2D eigenvalue weighted by molar-refractivity contribution is 5.20. The van der Waals surface area contributed by atoms with Gasteiger partial charge in [0, 0.05) is 17.8 Å². The second-order valence-electron chi connectivity index (χ2n) is 4.15. The van der Waals surface area contributed by atoms with E-state index in [1.165, 1.54) is 31.4 Å². The molecule has 0 aromatic carbocycles. The molecule has 0 amide bonds. The third-order valence-corrected chi connectivity index (χ3v) is 3.40. The van der Waals surface area contributed by atoms with Gasteiger partial charge in [-0.1, -0.05) is 5.57 Å². The number of nitrogens with zero attached hydrogens (tertiary/aromatic N) is 1. The quantitative estimate of drug-likeness (QED) is 0.590. The third kappa shape index (κ3) is 1.06. The minimum absolute atomic E-state index is 0.492. The lowest BCUT2D eigenvalue weighted by molar-refractivity contribution is 0.195. The van der Waals surface area contributed by atoms with Gasteiger partial charge in [-0.2, -0.15) is 0 Å². The highest BCUT2D eigenvalue weighted by atomic mass is 15.2. The van der Waals surface area contributed by atoms with E-state index in [1.807, 2.05) is 0 Å². The van der Waals surface area contributed by atoms with Gasteiger partial charge in [0.1, 0.15) is 0 Å². The van der Waals surface area contributed by atoms with Crippen molar-refractivity contribution in [1.82, 2.24) is 4.90 Å². The first-order valence-electron chi connectivity index (χ1n) is 4.91. The zero-order chi connectivity index (χ0) is 8.72. The van der Waals surface area contributed by atoms with E-state index in [1.54, 1.807) is 0 Å². The van der Waals surface area contributed by atoms with Crippen LogP contribution in [0, 0.1) is 0 Å². The Hall–Kier alpha value is -0.500. The van der Waals surface area contributed by atoms with Crippen molar-refractivity contribution in [1.29, 1.82) is 0 Å². The maximum atomic E-state index is 6.02. The average Bonchev–Trinajstić information content (AvgIpc) is 2.48. The summed E-state index contributed by atoms with van der Waals surface area (Å²) >= 11 is 0. The van der Waals surface area contributed by atoms with Crippen LogP contribution in [-0.2, 0) is 0 Å². The van der Waals surface area contributed by atoms with E-state index in [0.29, 0.717) is 6.04 Å². The van der Waals surface area contributed by atoms with Crippen LogP contribution >= 0.6 is 0 Å². The molecule has 0 spiro atoms. The second-order valence-corrected chi connectivity index (χ2v) is 4.15. The summed E-state index contributed by atoms with van der Waals surface area (Å²) in [5.41, 5.74) is 8.56. The molecule has 0 aromatic rings. The Kier molecular flexibility index (Phi) is 1.87. The molecule has 0 radical (unpaired) electrons. The van der Waals surface area contributed by atoms with E-state index >= 15 is 0 Å². The zero-order valence-corrected chi connectivity index (χ0v) is 8.01. The van der Waals surface area contributed by atoms with Gasteiger partial charge in [-0.05, 0) is 39.7 Å². The van der Waals surface area contributed by atoms with Crippen LogP contribution in [0.3, 0.4) is 0 Å². The number of fused-ring (bicyclic) bond motifs is 1. The molecule has 2 nitrogen and oxygen atoms in total. The Morgan fingerprint density at radius 3 is 3.00 bits per heavy atom. The monoisotopic (exact) mass is 166 g/mol. The number of rotatable bonds is 0. The van der Waals surface area contributed by atoms with Crippen molar-refractivity contribution in [3.05, 3.63) is 11.3 Å². The summed E-state index contributed by atoms with van der Waals surface area (Å²) in [6.07, 6.45) is 3.93. The van der Waals surface area contributed by atoms with Crippen LogP contribution in [0.25, 0.3) is 0 Å². The van der Waals surface area contributed by atoms with Crippen LogP contribution in [0.15, 0.2) is 11.3 Å². The fourth-order valence-corrected chi connectivity index (χ4v) is 2.59. The van der Waals surface area contributed by atoms with Crippen LogP contribution in [0.5, 0.6) is 0 Å². The molecule has 2 rings (SSSR count). The summed E-state index contributed by atoms with van der Waals surface area (Å²) in [6.45, 7) is 5.66. The van der Waals surface area contributed by atoms with Gasteiger partial charge in [0.2, 0.25) is 0 Å². The smallest absolute Gasteiger partial charge is 0.0467 e. The standard InChI is InChI=1S/C10H18N2/c1-7-6-9-4-3-5-12(9)8(2)10(7)11/h8-9H,3-6,11H2,1-2H3. The van der Waals surface area contributed by atoms with Crippen molar-refractivity contribution >= 4 is 0 Å². The van der Waals surface area contributed by atoms with Crippen LogP contribution in [-0.4, -0.2) is 23.5 Å². The molecule has 2 N–H and O–H groups in total. The Bertz CT molecular complexity index is 220. The molecule has 0 saturated carbocycles. The van der Waals surface area contributed by atoms with Crippen molar-refractivity contribution in [2.75, 3.05) is 6.54 Å². The highest BCUT2D eigenvalue weighted by Crippen LogP contribution is 2.32. The molecule has 1 fully saturated rings. The maximum Gasteiger partial charge on any atom is 0.0467 e. The fraction of sp³-hybridized carbons (Fsp3) is 0.800. The molecule has 2 atom stereocenters. The Balaban J connectivity index is 2.24. The highest BCUT2D eigenvalue weighted by Gasteiger charge is 2.33. The molecule has 2 heteroatoms. The molecular formula is C10H18N2. The lowest BCUT2D eigenvalue weighted by Gasteiger charge is -2.36. The first kappa shape index (κ1) is 8.11. The van der Waals surface area contributed by atoms with Gasteiger partial charge in [0.25, 0.3) is 0 Å². The lowest BCUT2D eigenvalue weighted by atomic mass is 9.95. The summed E-state index contributed by atoms with van der Waals surface area (Å²) in [5, 5.41) is 0. The number of hydrogen-bond donors (Lipinski definition) is 1. The van der Waals surface area contributed by atoms with Crippen molar-refractivity contribution < 1.29 is 0 Å². The first-order chi connectivity index (χ1) is 5.70. The molecule has 12 heavy (non-hydrogen) atoms. The Morgan fingerprint density at radius 2 is 2.25 bits per heavy atom. The van der Waals surface area contributed by atoms with E-state index in [4.69, 9.17) is 5.73 Å². The minimum Gasteiger partial charge on any atom is -0.401 e. The van der Waals surface area contributed by atoms with Gasteiger partial charge in [-0.15, -0.1) is 0 Å². The second kappa shape index (κ2) is 2.77. The summed E-state index contributed by atoms with van der Waals surface area (Å²) in [4.78, 5) is 2.56. The van der Waals surface area contributed by atoms with Crippen molar-refractivity contribution in [3.63, 3.8) is 0 Å². The van der Waals surface area contributed by atoms with Gasteiger partial charge in [0.15, 0.2) is 0 Å². The molecule has 1 saturated heterocycles. The Labute approximate surface area is 74.4 Å². The average molecular weight is 166 g/mol. The van der Waals surface area contributed by atoms with E-state index in [-0.39, 0.29) is 0 Å². The Morgan fingerprint density at radius 1 is 1.50 bits per heavy atom. The SMILES string of the molecule is CC1=C(N)C(C)N2CCCC2C1. The van der Waals surface area contributed by atoms with Crippen molar-refractivity contribution in [3.8, 4) is 0 Å². The molecule has 2 aliphatic heterocycles.